The quantitative estimate of drug-likeness (QED) is 0.578. The van der Waals surface area contributed by atoms with E-state index in [0.29, 0.717) is 23.6 Å². The molecule has 2 rings (SSSR count). The SMILES string of the molecule is C=CCNc1cc(C(O)c2ccc(N)cc2F)ccn1. The number of anilines is 2. The highest BCUT2D eigenvalue weighted by Crippen LogP contribution is 2.26. The van der Waals surface area contributed by atoms with Crippen LogP contribution in [0.3, 0.4) is 0 Å². The van der Waals surface area contributed by atoms with Gasteiger partial charge < -0.3 is 16.2 Å². The van der Waals surface area contributed by atoms with Crippen molar-refractivity contribution < 1.29 is 9.50 Å². The largest absolute Gasteiger partial charge is 0.399 e. The first-order valence-corrected chi connectivity index (χ1v) is 6.15. The Bertz CT molecular complexity index is 616. The van der Waals surface area contributed by atoms with Gasteiger partial charge in [-0.1, -0.05) is 12.1 Å². The van der Waals surface area contributed by atoms with Gasteiger partial charge in [0.1, 0.15) is 17.7 Å². The highest BCUT2D eigenvalue weighted by molar-refractivity contribution is 5.45. The molecule has 1 aromatic carbocycles. The van der Waals surface area contributed by atoms with Gasteiger partial charge in [0.25, 0.3) is 0 Å². The molecule has 20 heavy (non-hydrogen) atoms. The summed E-state index contributed by atoms with van der Waals surface area (Å²) in [7, 11) is 0. The number of hydrogen-bond donors (Lipinski definition) is 3. The number of benzene rings is 1. The Balaban J connectivity index is 2.28. The Morgan fingerprint density at radius 3 is 2.90 bits per heavy atom. The molecule has 0 saturated heterocycles. The van der Waals surface area contributed by atoms with E-state index in [1.54, 1.807) is 30.5 Å². The number of nitrogens with two attached hydrogens (primary N) is 1. The van der Waals surface area contributed by atoms with E-state index in [0.717, 1.165) is 0 Å². The Morgan fingerprint density at radius 1 is 1.40 bits per heavy atom. The van der Waals surface area contributed by atoms with Crippen LogP contribution in [0.1, 0.15) is 17.2 Å². The van der Waals surface area contributed by atoms with Crippen LogP contribution in [0.5, 0.6) is 0 Å². The van der Waals surface area contributed by atoms with E-state index < -0.39 is 11.9 Å². The topological polar surface area (TPSA) is 71.2 Å². The van der Waals surface area contributed by atoms with Crippen molar-refractivity contribution in [2.75, 3.05) is 17.6 Å². The van der Waals surface area contributed by atoms with E-state index in [-0.39, 0.29) is 5.56 Å². The van der Waals surface area contributed by atoms with Crippen molar-refractivity contribution in [3.8, 4) is 0 Å². The number of nitrogen functional groups attached to an aromatic ring is 1. The van der Waals surface area contributed by atoms with Gasteiger partial charge in [-0.05, 0) is 29.8 Å². The average Bonchev–Trinajstić information content (AvgIpc) is 2.45. The molecule has 0 saturated carbocycles. The fraction of sp³-hybridized carbons (Fsp3) is 0.133. The molecule has 1 aromatic heterocycles. The summed E-state index contributed by atoms with van der Waals surface area (Å²) in [5.41, 5.74) is 6.55. The minimum Gasteiger partial charge on any atom is -0.399 e. The maximum atomic E-state index is 13.8. The number of rotatable bonds is 5. The summed E-state index contributed by atoms with van der Waals surface area (Å²) in [5, 5.41) is 13.3. The highest BCUT2D eigenvalue weighted by atomic mass is 19.1. The third-order valence-electron chi connectivity index (χ3n) is 2.85. The highest BCUT2D eigenvalue weighted by Gasteiger charge is 2.15. The lowest BCUT2D eigenvalue weighted by molar-refractivity contribution is 0.215. The molecule has 1 heterocycles. The van der Waals surface area contributed by atoms with E-state index in [4.69, 9.17) is 5.73 Å². The van der Waals surface area contributed by atoms with Crippen LogP contribution < -0.4 is 11.1 Å². The second-order valence-corrected chi connectivity index (χ2v) is 4.33. The maximum Gasteiger partial charge on any atom is 0.131 e. The fourth-order valence-electron chi connectivity index (χ4n) is 1.84. The van der Waals surface area contributed by atoms with Crippen molar-refractivity contribution in [1.82, 2.24) is 4.98 Å². The zero-order valence-corrected chi connectivity index (χ0v) is 10.9. The third-order valence-corrected chi connectivity index (χ3v) is 2.85. The molecule has 104 valence electrons. The van der Waals surface area contributed by atoms with Gasteiger partial charge in [-0.3, -0.25) is 0 Å². The molecule has 0 aliphatic carbocycles. The van der Waals surface area contributed by atoms with Gasteiger partial charge in [0, 0.05) is 24.0 Å². The van der Waals surface area contributed by atoms with E-state index in [1.165, 1.54) is 12.1 Å². The Labute approximate surface area is 116 Å². The minimum atomic E-state index is -1.07. The molecule has 0 radical (unpaired) electrons. The van der Waals surface area contributed by atoms with Gasteiger partial charge in [0.15, 0.2) is 0 Å². The first-order valence-electron chi connectivity index (χ1n) is 6.15. The Morgan fingerprint density at radius 2 is 2.20 bits per heavy atom. The smallest absolute Gasteiger partial charge is 0.131 e. The molecule has 0 spiro atoms. The summed E-state index contributed by atoms with van der Waals surface area (Å²) in [6.07, 6.45) is 2.19. The van der Waals surface area contributed by atoms with Crippen LogP contribution in [-0.2, 0) is 0 Å². The second-order valence-electron chi connectivity index (χ2n) is 4.33. The molecule has 2 aromatic rings. The minimum absolute atomic E-state index is 0.181. The number of aliphatic hydroxyl groups excluding tert-OH is 1. The predicted octanol–water partition coefficient (Wildman–Crippen LogP) is 2.48. The van der Waals surface area contributed by atoms with Crippen molar-refractivity contribution in [3.05, 3.63) is 66.1 Å². The van der Waals surface area contributed by atoms with Crippen LogP contribution >= 0.6 is 0 Å². The normalized spacial score (nSPS) is 11.9. The van der Waals surface area contributed by atoms with E-state index in [1.807, 2.05) is 0 Å². The van der Waals surface area contributed by atoms with Gasteiger partial charge in [-0.2, -0.15) is 0 Å². The van der Waals surface area contributed by atoms with Gasteiger partial charge in [-0.25, -0.2) is 9.37 Å². The van der Waals surface area contributed by atoms with Gasteiger partial charge in [0.05, 0.1) is 0 Å². The molecule has 5 heteroatoms. The van der Waals surface area contributed by atoms with Crippen molar-refractivity contribution in [2.24, 2.45) is 0 Å². The van der Waals surface area contributed by atoms with Crippen molar-refractivity contribution >= 4 is 11.5 Å². The third kappa shape index (κ3) is 3.13. The summed E-state index contributed by atoms with van der Waals surface area (Å²) in [5.74, 6) is 0.0622. The molecule has 0 bridgehead atoms. The molecule has 4 nitrogen and oxygen atoms in total. The summed E-state index contributed by atoms with van der Waals surface area (Å²) in [6.45, 7) is 4.16. The molecule has 0 aliphatic rings. The number of nitrogens with zero attached hydrogens (tertiary/aromatic N) is 1. The van der Waals surface area contributed by atoms with Crippen molar-refractivity contribution in [3.63, 3.8) is 0 Å². The van der Waals surface area contributed by atoms with Crippen molar-refractivity contribution in [1.29, 1.82) is 0 Å². The second kappa shape index (κ2) is 6.16. The summed E-state index contributed by atoms with van der Waals surface area (Å²) < 4.78 is 13.8. The summed E-state index contributed by atoms with van der Waals surface area (Å²) >= 11 is 0. The van der Waals surface area contributed by atoms with Gasteiger partial charge in [0.2, 0.25) is 0 Å². The first kappa shape index (κ1) is 14.0. The molecule has 4 N–H and O–H groups in total. The van der Waals surface area contributed by atoms with Crippen LogP contribution in [-0.4, -0.2) is 16.6 Å². The van der Waals surface area contributed by atoms with Crippen LogP contribution in [0, 0.1) is 5.82 Å². The lowest BCUT2D eigenvalue weighted by Gasteiger charge is -2.14. The first-order chi connectivity index (χ1) is 9.61. The van der Waals surface area contributed by atoms with E-state index in [2.05, 4.69) is 16.9 Å². The molecule has 0 amide bonds. The average molecular weight is 273 g/mol. The van der Waals surface area contributed by atoms with E-state index >= 15 is 0 Å². The zero-order valence-electron chi connectivity index (χ0n) is 10.9. The molecule has 1 unspecified atom stereocenters. The molecular formula is C15H16FN3O. The fourth-order valence-corrected chi connectivity index (χ4v) is 1.84. The van der Waals surface area contributed by atoms with Crippen LogP contribution in [0.25, 0.3) is 0 Å². The summed E-state index contributed by atoms with van der Waals surface area (Å²) in [6, 6.07) is 7.53. The lowest BCUT2D eigenvalue weighted by atomic mass is 10.0. The molecule has 0 fully saturated rings. The number of nitrogens with one attached hydrogen (secondary N) is 1. The Hall–Kier alpha value is -2.40. The van der Waals surface area contributed by atoms with Crippen LogP contribution in [0.4, 0.5) is 15.9 Å². The van der Waals surface area contributed by atoms with E-state index in [9.17, 15) is 9.50 Å². The number of aromatic nitrogens is 1. The molecule has 1 atom stereocenters. The Kier molecular flexibility index (Phi) is 4.32. The van der Waals surface area contributed by atoms with Gasteiger partial charge >= 0.3 is 0 Å². The number of pyridine rings is 1. The number of hydrogen-bond acceptors (Lipinski definition) is 4. The predicted molar refractivity (Wildman–Crippen MR) is 77.8 cm³/mol. The van der Waals surface area contributed by atoms with Crippen molar-refractivity contribution in [2.45, 2.75) is 6.10 Å². The maximum absolute atomic E-state index is 13.8. The number of halogens is 1. The molecule has 0 aliphatic heterocycles. The summed E-state index contributed by atoms with van der Waals surface area (Å²) in [4.78, 5) is 4.11. The van der Waals surface area contributed by atoms with Gasteiger partial charge in [-0.15, -0.1) is 6.58 Å². The zero-order chi connectivity index (χ0) is 14.5. The monoisotopic (exact) mass is 273 g/mol. The van der Waals surface area contributed by atoms with Crippen LogP contribution in [0.15, 0.2) is 49.2 Å². The standard InChI is InChI=1S/C15H16FN3O/c1-2-6-18-14-8-10(5-7-19-14)15(20)12-4-3-11(17)9-13(12)16/h2-5,7-9,15,20H,1,6,17H2,(H,18,19). The van der Waals surface area contributed by atoms with Crippen LogP contribution in [0.2, 0.25) is 0 Å². The number of aliphatic hydroxyl groups is 1. The lowest BCUT2D eigenvalue weighted by Crippen LogP contribution is -2.06. The molecular weight excluding hydrogens is 257 g/mol.